The van der Waals surface area contributed by atoms with Crippen LogP contribution in [0.3, 0.4) is 0 Å². The molecule has 1 fully saturated rings. The van der Waals surface area contributed by atoms with Crippen LogP contribution < -0.4 is 10.1 Å². The van der Waals surface area contributed by atoms with Crippen molar-refractivity contribution in [3.05, 3.63) is 29.8 Å². The molecule has 1 saturated heterocycles. The molecule has 0 aromatic heterocycles. The third-order valence-electron chi connectivity index (χ3n) is 3.50. The van der Waals surface area contributed by atoms with Gasteiger partial charge in [0.1, 0.15) is 11.9 Å². The summed E-state index contributed by atoms with van der Waals surface area (Å²) in [5.74, 6) is 0.948. The maximum absolute atomic E-state index is 5.88. The zero-order chi connectivity index (χ0) is 13.5. The van der Waals surface area contributed by atoms with Crippen LogP contribution in [-0.4, -0.2) is 31.9 Å². The monoisotopic (exact) mass is 263 g/mol. The van der Waals surface area contributed by atoms with E-state index in [1.165, 1.54) is 18.4 Å². The van der Waals surface area contributed by atoms with Crippen molar-refractivity contribution in [3.8, 4) is 5.75 Å². The molecule has 2 atom stereocenters. The molecular formula is C16H25NO2. The molecule has 0 radical (unpaired) electrons. The highest BCUT2D eigenvalue weighted by molar-refractivity contribution is 5.27. The number of ether oxygens (including phenoxy) is 2. The Morgan fingerprint density at radius 2 is 2.16 bits per heavy atom. The molecule has 1 aliphatic heterocycles. The van der Waals surface area contributed by atoms with Crippen molar-refractivity contribution >= 4 is 0 Å². The van der Waals surface area contributed by atoms with Crippen LogP contribution in [-0.2, 0) is 11.2 Å². The Hall–Kier alpha value is -1.06. The first-order valence-electron chi connectivity index (χ1n) is 7.36. The third-order valence-corrected chi connectivity index (χ3v) is 3.50. The first kappa shape index (κ1) is 14.4. The second-order valence-electron chi connectivity index (χ2n) is 5.22. The summed E-state index contributed by atoms with van der Waals surface area (Å²) in [4.78, 5) is 0. The zero-order valence-corrected chi connectivity index (χ0v) is 12.0. The zero-order valence-electron chi connectivity index (χ0n) is 12.0. The fourth-order valence-electron chi connectivity index (χ4n) is 2.33. The number of hydrogen-bond donors (Lipinski definition) is 1. The molecule has 0 amide bonds. The van der Waals surface area contributed by atoms with Crippen molar-refractivity contribution in [1.29, 1.82) is 0 Å². The molecule has 3 heteroatoms. The summed E-state index contributed by atoms with van der Waals surface area (Å²) in [5.41, 5.74) is 1.34. The van der Waals surface area contributed by atoms with Gasteiger partial charge in [-0.2, -0.15) is 0 Å². The summed E-state index contributed by atoms with van der Waals surface area (Å²) >= 11 is 0. The van der Waals surface area contributed by atoms with Crippen LogP contribution in [0.2, 0.25) is 0 Å². The summed E-state index contributed by atoms with van der Waals surface area (Å²) in [6.45, 7) is 6.96. The van der Waals surface area contributed by atoms with Gasteiger partial charge in [-0.15, -0.1) is 0 Å². The van der Waals surface area contributed by atoms with Crippen LogP contribution >= 0.6 is 0 Å². The second-order valence-corrected chi connectivity index (χ2v) is 5.22. The summed E-state index contributed by atoms with van der Waals surface area (Å²) in [5, 5.41) is 3.42. The van der Waals surface area contributed by atoms with E-state index in [4.69, 9.17) is 9.47 Å². The summed E-state index contributed by atoms with van der Waals surface area (Å²) in [6, 6.07) is 8.36. The Morgan fingerprint density at radius 3 is 2.79 bits per heavy atom. The van der Waals surface area contributed by atoms with E-state index in [2.05, 4.69) is 43.4 Å². The SMILES string of the molecule is CCc1ccc(OC(C)CNCC2CCCO2)cc1. The van der Waals surface area contributed by atoms with Crippen LogP contribution in [0.1, 0.15) is 32.3 Å². The summed E-state index contributed by atoms with van der Waals surface area (Å²) < 4.78 is 11.5. The molecule has 1 aromatic carbocycles. The first-order chi connectivity index (χ1) is 9.28. The van der Waals surface area contributed by atoms with Gasteiger partial charge in [-0.1, -0.05) is 19.1 Å². The minimum absolute atomic E-state index is 0.175. The minimum atomic E-state index is 0.175. The molecule has 1 aliphatic rings. The van der Waals surface area contributed by atoms with E-state index in [-0.39, 0.29) is 6.10 Å². The number of aryl methyl sites for hydroxylation is 1. The van der Waals surface area contributed by atoms with Crippen molar-refractivity contribution in [2.45, 2.75) is 45.3 Å². The van der Waals surface area contributed by atoms with Crippen LogP contribution in [0.25, 0.3) is 0 Å². The lowest BCUT2D eigenvalue weighted by atomic mass is 10.2. The van der Waals surface area contributed by atoms with E-state index < -0.39 is 0 Å². The van der Waals surface area contributed by atoms with Gasteiger partial charge in [0.2, 0.25) is 0 Å². The van der Waals surface area contributed by atoms with E-state index in [0.29, 0.717) is 6.10 Å². The van der Waals surface area contributed by atoms with Gasteiger partial charge in [-0.3, -0.25) is 0 Å². The highest BCUT2D eigenvalue weighted by atomic mass is 16.5. The molecule has 2 rings (SSSR count). The predicted octanol–water partition coefficient (Wildman–Crippen LogP) is 2.78. The lowest BCUT2D eigenvalue weighted by molar-refractivity contribution is 0.106. The molecule has 1 N–H and O–H groups in total. The molecule has 1 heterocycles. The van der Waals surface area contributed by atoms with Gasteiger partial charge >= 0.3 is 0 Å². The van der Waals surface area contributed by atoms with Gasteiger partial charge in [0.15, 0.2) is 0 Å². The van der Waals surface area contributed by atoms with E-state index in [0.717, 1.165) is 31.9 Å². The topological polar surface area (TPSA) is 30.5 Å². The first-order valence-corrected chi connectivity index (χ1v) is 7.36. The summed E-state index contributed by atoms with van der Waals surface area (Å²) in [6.07, 6.45) is 4.02. The highest BCUT2D eigenvalue weighted by Crippen LogP contribution is 2.14. The fraction of sp³-hybridized carbons (Fsp3) is 0.625. The quantitative estimate of drug-likeness (QED) is 0.820. The Kier molecular flexibility index (Phi) is 5.67. The van der Waals surface area contributed by atoms with E-state index in [1.54, 1.807) is 0 Å². The van der Waals surface area contributed by atoms with Gasteiger partial charge in [0.25, 0.3) is 0 Å². The van der Waals surface area contributed by atoms with Gasteiger partial charge in [0.05, 0.1) is 6.10 Å². The average molecular weight is 263 g/mol. The standard InChI is InChI=1S/C16H25NO2/c1-3-14-6-8-15(9-7-14)19-13(2)11-17-12-16-5-4-10-18-16/h6-9,13,16-17H,3-5,10-12H2,1-2H3. The third kappa shape index (κ3) is 4.84. The predicted molar refractivity (Wildman–Crippen MR) is 77.8 cm³/mol. The van der Waals surface area contributed by atoms with E-state index >= 15 is 0 Å². The Labute approximate surface area is 116 Å². The maximum atomic E-state index is 5.88. The van der Waals surface area contributed by atoms with Crippen LogP contribution in [0.15, 0.2) is 24.3 Å². The van der Waals surface area contributed by atoms with E-state index in [1.807, 2.05) is 0 Å². The minimum Gasteiger partial charge on any atom is -0.489 e. The van der Waals surface area contributed by atoms with Crippen molar-refractivity contribution in [1.82, 2.24) is 5.32 Å². The Bertz CT molecular complexity index is 358. The molecule has 19 heavy (non-hydrogen) atoms. The number of hydrogen-bond acceptors (Lipinski definition) is 3. The number of rotatable bonds is 7. The van der Waals surface area contributed by atoms with Gasteiger partial charge in [-0.25, -0.2) is 0 Å². The maximum Gasteiger partial charge on any atom is 0.119 e. The van der Waals surface area contributed by atoms with Gasteiger partial charge < -0.3 is 14.8 Å². The highest BCUT2D eigenvalue weighted by Gasteiger charge is 2.15. The lowest BCUT2D eigenvalue weighted by Gasteiger charge is -2.17. The molecule has 0 bridgehead atoms. The molecule has 2 unspecified atom stereocenters. The summed E-state index contributed by atoms with van der Waals surface area (Å²) in [7, 11) is 0. The molecule has 0 spiro atoms. The van der Waals surface area contributed by atoms with Gasteiger partial charge in [-0.05, 0) is 43.9 Å². The van der Waals surface area contributed by atoms with Crippen molar-refractivity contribution in [3.63, 3.8) is 0 Å². The fourth-order valence-corrected chi connectivity index (χ4v) is 2.33. The van der Waals surface area contributed by atoms with Crippen LogP contribution in [0, 0.1) is 0 Å². The van der Waals surface area contributed by atoms with Gasteiger partial charge in [0, 0.05) is 19.7 Å². The lowest BCUT2D eigenvalue weighted by Crippen LogP contribution is -2.34. The molecular weight excluding hydrogens is 238 g/mol. The normalized spacial score (nSPS) is 20.4. The molecule has 0 aliphatic carbocycles. The molecule has 3 nitrogen and oxygen atoms in total. The van der Waals surface area contributed by atoms with Crippen LogP contribution in [0.4, 0.5) is 0 Å². The second kappa shape index (κ2) is 7.51. The van der Waals surface area contributed by atoms with Crippen molar-refractivity contribution in [2.24, 2.45) is 0 Å². The molecule has 1 aromatic rings. The number of nitrogens with one attached hydrogen (secondary N) is 1. The molecule has 106 valence electrons. The largest absolute Gasteiger partial charge is 0.489 e. The smallest absolute Gasteiger partial charge is 0.119 e. The molecule has 0 saturated carbocycles. The number of benzene rings is 1. The average Bonchev–Trinajstić information content (AvgIpc) is 2.93. The van der Waals surface area contributed by atoms with Crippen LogP contribution in [0.5, 0.6) is 5.75 Å². The van der Waals surface area contributed by atoms with Crippen molar-refractivity contribution < 1.29 is 9.47 Å². The van der Waals surface area contributed by atoms with Crippen molar-refractivity contribution in [2.75, 3.05) is 19.7 Å². The van der Waals surface area contributed by atoms with E-state index in [9.17, 15) is 0 Å². The Morgan fingerprint density at radius 1 is 1.37 bits per heavy atom. The Balaban J connectivity index is 1.66.